The molecule has 0 aliphatic carbocycles. The molecule has 1 amide bonds. The summed E-state index contributed by atoms with van der Waals surface area (Å²) in [5.74, 6) is -1.53. The topological polar surface area (TPSA) is 69.2 Å². The monoisotopic (exact) mass is 184 g/mol. The summed E-state index contributed by atoms with van der Waals surface area (Å²) in [5.41, 5.74) is -0.444. The van der Waals surface area contributed by atoms with Gasteiger partial charge in [0.1, 0.15) is 0 Å². The Hall–Kier alpha value is -1.32. The van der Waals surface area contributed by atoms with Gasteiger partial charge in [-0.15, -0.1) is 0 Å². The van der Waals surface area contributed by atoms with Crippen molar-refractivity contribution in [1.82, 2.24) is 5.32 Å². The molecule has 0 unspecified atom stereocenters. The van der Waals surface area contributed by atoms with Gasteiger partial charge < -0.3 is 15.2 Å². The van der Waals surface area contributed by atoms with Crippen LogP contribution in [0, 0.1) is 0 Å². The molecule has 0 saturated carbocycles. The first kappa shape index (κ1) is 11.7. The van der Waals surface area contributed by atoms with E-state index in [-0.39, 0.29) is 12.3 Å². The average Bonchev–Trinajstić information content (AvgIpc) is 1.81. The maximum Gasteiger partial charge on any atom is 0.246 e. The van der Waals surface area contributed by atoms with E-state index in [0.717, 1.165) is 0 Å². The van der Waals surface area contributed by atoms with Gasteiger partial charge in [-0.1, -0.05) is 6.58 Å². The number of carbonyl (C=O) groups is 2. The Balaban J connectivity index is 4.24. The van der Waals surface area contributed by atoms with E-state index in [1.165, 1.54) is 0 Å². The van der Waals surface area contributed by atoms with Crippen LogP contribution in [0.5, 0.6) is 0 Å². The fourth-order valence-corrected chi connectivity index (χ4v) is 0.819. The highest BCUT2D eigenvalue weighted by atomic mass is 16.4. The van der Waals surface area contributed by atoms with Crippen molar-refractivity contribution >= 4 is 11.9 Å². The van der Waals surface area contributed by atoms with Crippen molar-refractivity contribution < 1.29 is 14.7 Å². The number of aliphatic carboxylic acids is 1. The van der Waals surface area contributed by atoms with Crippen molar-refractivity contribution in [2.24, 2.45) is 0 Å². The van der Waals surface area contributed by atoms with Crippen LogP contribution in [0.3, 0.4) is 0 Å². The highest BCUT2D eigenvalue weighted by molar-refractivity contribution is 5.92. The van der Waals surface area contributed by atoms with Gasteiger partial charge in [0.05, 0.1) is 0 Å². The quantitative estimate of drug-likeness (QED) is 0.604. The van der Waals surface area contributed by atoms with Crippen LogP contribution in [0.4, 0.5) is 0 Å². The Morgan fingerprint density at radius 1 is 1.46 bits per heavy atom. The van der Waals surface area contributed by atoms with Gasteiger partial charge in [-0.3, -0.25) is 4.79 Å². The number of nitrogens with one attached hydrogen (secondary N) is 1. The summed E-state index contributed by atoms with van der Waals surface area (Å²) in [6.45, 7) is 8.23. The highest BCUT2D eigenvalue weighted by Crippen LogP contribution is 2.07. The molecule has 1 N–H and O–H groups in total. The second-order valence-corrected chi connectivity index (χ2v) is 3.67. The molecule has 0 heterocycles. The summed E-state index contributed by atoms with van der Waals surface area (Å²) in [4.78, 5) is 21.4. The minimum Gasteiger partial charge on any atom is -0.550 e. The molecule has 0 atom stereocenters. The first-order chi connectivity index (χ1) is 5.74. The second-order valence-electron chi connectivity index (χ2n) is 3.67. The van der Waals surface area contributed by atoms with E-state index in [1.807, 2.05) is 0 Å². The summed E-state index contributed by atoms with van der Waals surface area (Å²) in [7, 11) is 0. The van der Waals surface area contributed by atoms with Crippen molar-refractivity contribution in [3.8, 4) is 0 Å². The zero-order chi connectivity index (χ0) is 10.6. The van der Waals surface area contributed by atoms with E-state index < -0.39 is 11.5 Å². The van der Waals surface area contributed by atoms with Crippen LogP contribution in [0.15, 0.2) is 12.2 Å². The molecule has 0 aromatic heterocycles. The molecule has 0 aliphatic rings. The van der Waals surface area contributed by atoms with Crippen molar-refractivity contribution in [2.75, 3.05) is 0 Å². The van der Waals surface area contributed by atoms with Gasteiger partial charge in [0.25, 0.3) is 0 Å². The van der Waals surface area contributed by atoms with E-state index in [1.54, 1.807) is 20.8 Å². The van der Waals surface area contributed by atoms with Crippen molar-refractivity contribution in [1.29, 1.82) is 0 Å². The minimum atomic E-state index is -1.19. The summed E-state index contributed by atoms with van der Waals surface area (Å²) in [6.07, 6.45) is -0.216. The lowest BCUT2D eigenvalue weighted by Gasteiger charge is -2.26. The molecule has 4 heteroatoms. The second kappa shape index (κ2) is 4.07. The SMILES string of the molecule is C=C(C)C(=O)NC(C)(C)CC(=O)[O-]. The van der Waals surface area contributed by atoms with E-state index in [2.05, 4.69) is 11.9 Å². The number of hydrogen-bond donors (Lipinski definition) is 1. The fraction of sp³-hybridized carbons (Fsp3) is 0.556. The van der Waals surface area contributed by atoms with Gasteiger partial charge in [0.2, 0.25) is 5.91 Å². The van der Waals surface area contributed by atoms with Crippen molar-refractivity contribution in [3.05, 3.63) is 12.2 Å². The molecular formula is C9H14NO3-. The van der Waals surface area contributed by atoms with Crippen molar-refractivity contribution in [2.45, 2.75) is 32.7 Å². The molecule has 0 fully saturated rings. The van der Waals surface area contributed by atoms with E-state index in [4.69, 9.17) is 0 Å². The summed E-state index contributed by atoms with van der Waals surface area (Å²) >= 11 is 0. The van der Waals surface area contributed by atoms with Crippen LogP contribution < -0.4 is 10.4 Å². The number of rotatable bonds is 4. The molecule has 0 spiro atoms. The normalized spacial score (nSPS) is 10.7. The number of carboxylic acids is 1. The standard InChI is InChI=1S/C9H15NO3/c1-6(2)8(13)10-9(3,4)5-7(11)12/h1,5H2,2-4H3,(H,10,13)(H,11,12)/p-1. The van der Waals surface area contributed by atoms with Gasteiger partial charge in [0, 0.05) is 23.5 Å². The van der Waals surface area contributed by atoms with E-state index in [9.17, 15) is 14.7 Å². The zero-order valence-corrected chi connectivity index (χ0v) is 8.14. The van der Waals surface area contributed by atoms with Gasteiger partial charge in [-0.2, -0.15) is 0 Å². The van der Waals surface area contributed by atoms with Gasteiger partial charge in [0.15, 0.2) is 0 Å². The van der Waals surface area contributed by atoms with E-state index >= 15 is 0 Å². The van der Waals surface area contributed by atoms with Crippen LogP contribution in [-0.4, -0.2) is 17.4 Å². The maximum atomic E-state index is 11.1. The first-order valence-corrected chi connectivity index (χ1v) is 3.92. The lowest BCUT2D eigenvalue weighted by molar-refractivity contribution is -0.306. The third kappa shape index (κ3) is 5.00. The molecule has 4 nitrogen and oxygen atoms in total. The molecule has 0 aliphatic heterocycles. The number of amides is 1. The Kier molecular flexibility index (Phi) is 3.66. The minimum absolute atomic E-state index is 0.216. The number of carbonyl (C=O) groups excluding carboxylic acids is 2. The maximum absolute atomic E-state index is 11.1. The van der Waals surface area contributed by atoms with Crippen LogP contribution >= 0.6 is 0 Å². The molecule has 0 aromatic rings. The van der Waals surface area contributed by atoms with Gasteiger partial charge in [-0.25, -0.2) is 0 Å². The predicted octanol–water partition coefficient (Wildman–Crippen LogP) is -0.403. The van der Waals surface area contributed by atoms with Gasteiger partial charge in [-0.05, 0) is 20.8 Å². The summed E-state index contributed by atoms with van der Waals surface area (Å²) in [6, 6.07) is 0. The Labute approximate surface area is 77.6 Å². The lowest BCUT2D eigenvalue weighted by atomic mass is 10.0. The molecule has 0 aromatic carbocycles. The predicted molar refractivity (Wildman–Crippen MR) is 46.7 cm³/mol. The smallest absolute Gasteiger partial charge is 0.246 e. The van der Waals surface area contributed by atoms with Crippen molar-refractivity contribution in [3.63, 3.8) is 0 Å². The van der Waals surface area contributed by atoms with Crippen LogP contribution in [0.1, 0.15) is 27.2 Å². The van der Waals surface area contributed by atoms with E-state index in [0.29, 0.717) is 5.57 Å². The lowest BCUT2D eigenvalue weighted by Crippen LogP contribution is -2.47. The molecule has 0 radical (unpaired) electrons. The molecule has 0 bridgehead atoms. The third-order valence-electron chi connectivity index (χ3n) is 1.43. The molecular weight excluding hydrogens is 170 g/mol. The Morgan fingerprint density at radius 3 is 2.23 bits per heavy atom. The van der Waals surface area contributed by atoms with Gasteiger partial charge >= 0.3 is 0 Å². The van der Waals surface area contributed by atoms with Crippen LogP contribution in [-0.2, 0) is 9.59 Å². The number of hydrogen-bond acceptors (Lipinski definition) is 3. The Morgan fingerprint density at radius 2 is 1.92 bits per heavy atom. The third-order valence-corrected chi connectivity index (χ3v) is 1.43. The molecule has 13 heavy (non-hydrogen) atoms. The summed E-state index contributed by atoms with van der Waals surface area (Å²) < 4.78 is 0. The Bertz CT molecular complexity index is 243. The number of carboxylic acid groups (broad SMARTS) is 1. The first-order valence-electron chi connectivity index (χ1n) is 3.92. The van der Waals surface area contributed by atoms with Crippen LogP contribution in [0.2, 0.25) is 0 Å². The fourth-order valence-electron chi connectivity index (χ4n) is 0.819. The van der Waals surface area contributed by atoms with Crippen LogP contribution in [0.25, 0.3) is 0 Å². The summed E-state index contributed by atoms with van der Waals surface area (Å²) in [5, 5.41) is 12.8. The molecule has 0 saturated heterocycles. The average molecular weight is 184 g/mol. The molecule has 74 valence electrons. The highest BCUT2D eigenvalue weighted by Gasteiger charge is 2.20. The molecule has 0 rings (SSSR count). The zero-order valence-electron chi connectivity index (χ0n) is 8.14. The largest absolute Gasteiger partial charge is 0.550 e.